The van der Waals surface area contributed by atoms with Crippen LogP contribution in [-0.4, -0.2) is 52.9 Å². The van der Waals surface area contributed by atoms with Gasteiger partial charge in [-0.05, 0) is 49.9 Å². The van der Waals surface area contributed by atoms with Gasteiger partial charge in [0.2, 0.25) is 0 Å². The second kappa shape index (κ2) is 12.2. The highest BCUT2D eigenvalue weighted by Crippen LogP contribution is 2.16. The fourth-order valence-electron chi connectivity index (χ4n) is 3.50. The van der Waals surface area contributed by atoms with Gasteiger partial charge in [0.1, 0.15) is 0 Å². The number of guanidine groups is 1. The van der Waals surface area contributed by atoms with E-state index in [0.717, 1.165) is 56.1 Å². The molecule has 3 rings (SSSR count). The van der Waals surface area contributed by atoms with Crippen LogP contribution in [0.2, 0.25) is 0 Å². The minimum absolute atomic E-state index is 0. The van der Waals surface area contributed by atoms with Crippen LogP contribution >= 0.6 is 24.0 Å². The molecule has 0 radical (unpaired) electrons. The van der Waals surface area contributed by atoms with E-state index in [0.29, 0.717) is 19.1 Å². The van der Waals surface area contributed by atoms with Crippen molar-refractivity contribution in [2.45, 2.75) is 45.8 Å². The first-order valence-electron chi connectivity index (χ1n) is 10.2. The average molecular weight is 532 g/mol. The molecule has 1 fully saturated rings. The number of halogens is 3. The van der Waals surface area contributed by atoms with E-state index < -0.39 is 11.6 Å². The van der Waals surface area contributed by atoms with Crippen LogP contribution in [0.4, 0.5) is 8.78 Å². The Kier molecular flexibility index (Phi) is 9.96. The van der Waals surface area contributed by atoms with Gasteiger partial charge in [-0.3, -0.25) is 14.6 Å². The Morgan fingerprint density at radius 1 is 1.23 bits per heavy atom. The lowest BCUT2D eigenvalue weighted by atomic mass is 10.0. The number of hydrogen-bond acceptors (Lipinski definition) is 3. The second-order valence-corrected chi connectivity index (χ2v) is 7.48. The molecule has 1 aromatic carbocycles. The normalized spacial score (nSPS) is 15.7. The third-order valence-corrected chi connectivity index (χ3v) is 5.02. The molecule has 0 spiro atoms. The molecule has 1 aromatic heterocycles. The molecule has 0 saturated carbocycles. The van der Waals surface area contributed by atoms with Crippen LogP contribution in [0.15, 0.2) is 35.6 Å². The maximum atomic E-state index is 13.4. The van der Waals surface area contributed by atoms with Crippen LogP contribution in [0.25, 0.3) is 0 Å². The van der Waals surface area contributed by atoms with E-state index in [9.17, 15) is 8.78 Å². The van der Waals surface area contributed by atoms with Gasteiger partial charge in [-0.2, -0.15) is 5.10 Å². The van der Waals surface area contributed by atoms with E-state index in [1.54, 1.807) is 6.07 Å². The largest absolute Gasteiger partial charge is 0.357 e. The monoisotopic (exact) mass is 532 g/mol. The number of aryl methyl sites for hydroxylation is 1. The zero-order valence-electron chi connectivity index (χ0n) is 17.6. The molecule has 1 aliphatic heterocycles. The molecule has 1 aliphatic rings. The van der Waals surface area contributed by atoms with E-state index in [2.05, 4.69) is 32.5 Å². The summed E-state index contributed by atoms with van der Waals surface area (Å²) in [7, 11) is 0. The number of aromatic nitrogens is 2. The second-order valence-electron chi connectivity index (χ2n) is 7.48. The highest BCUT2D eigenvalue weighted by Gasteiger charge is 2.20. The number of hydrogen-bond donors (Lipinski definition) is 2. The lowest BCUT2D eigenvalue weighted by Crippen LogP contribution is -2.48. The van der Waals surface area contributed by atoms with Crippen molar-refractivity contribution in [3.05, 3.63) is 53.4 Å². The average Bonchev–Trinajstić information content (AvgIpc) is 3.11. The number of piperidine rings is 1. The lowest BCUT2D eigenvalue weighted by molar-refractivity contribution is 0.198. The summed E-state index contributed by atoms with van der Waals surface area (Å²) in [5.41, 5.74) is 1.95. The third-order valence-electron chi connectivity index (χ3n) is 5.02. The molecule has 1 saturated heterocycles. The number of likely N-dealkylation sites (tertiary alicyclic amines) is 1. The molecule has 2 aromatic rings. The van der Waals surface area contributed by atoms with Crippen LogP contribution in [0, 0.1) is 18.6 Å². The summed E-state index contributed by atoms with van der Waals surface area (Å²) in [5, 5.41) is 11.1. The summed E-state index contributed by atoms with van der Waals surface area (Å²) in [4.78, 5) is 6.93. The first-order chi connectivity index (χ1) is 14.0. The van der Waals surface area contributed by atoms with Crippen molar-refractivity contribution in [3.63, 3.8) is 0 Å². The first-order valence-corrected chi connectivity index (χ1v) is 10.2. The first kappa shape index (κ1) is 24.5. The Bertz CT molecular complexity index is 818. The Hall–Kier alpha value is -1.75. The number of nitrogens with one attached hydrogen (secondary N) is 2. The van der Waals surface area contributed by atoms with Crippen LogP contribution in [0.1, 0.15) is 30.9 Å². The fraction of sp³-hybridized carbons (Fsp3) is 0.524. The fourth-order valence-corrected chi connectivity index (χ4v) is 3.50. The van der Waals surface area contributed by atoms with Crippen LogP contribution in [-0.2, 0) is 13.1 Å². The molecule has 166 valence electrons. The van der Waals surface area contributed by atoms with Crippen molar-refractivity contribution in [2.75, 3.05) is 26.2 Å². The molecule has 9 heteroatoms. The van der Waals surface area contributed by atoms with Crippen molar-refractivity contribution in [2.24, 2.45) is 4.99 Å². The predicted octanol–water partition coefficient (Wildman–Crippen LogP) is 3.31. The Morgan fingerprint density at radius 2 is 2.00 bits per heavy atom. The maximum absolute atomic E-state index is 13.4. The molecule has 2 N–H and O–H groups in total. The van der Waals surface area contributed by atoms with E-state index in [-0.39, 0.29) is 24.0 Å². The number of rotatable bonds is 7. The topological polar surface area (TPSA) is 57.5 Å². The summed E-state index contributed by atoms with van der Waals surface area (Å²) in [6, 6.07) is 4.49. The maximum Gasteiger partial charge on any atom is 0.191 e. The van der Waals surface area contributed by atoms with Crippen molar-refractivity contribution in [3.8, 4) is 0 Å². The summed E-state index contributed by atoms with van der Waals surface area (Å²) in [6.45, 7) is 8.74. The Labute approximate surface area is 194 Å². The lowest BCUT2D eigenvalue weighted by Gasteiger charge is -2.33. The Balaban J connectivity index is 0.00000320. The summed E-state index contributed by atoms with van der Waals surface area (Å²) < 4.78 is 28.4. The van der Waals surface area contributed by atoms with Crippen LogP contribution < -0.4 is 10.6 Å². The van der Waals surface area contributed by atoms with E-state index >= 15 is 0 Å². The zero-order chi connectivity index (χ0) is 20.6. The third kappa shape index (κ3) is 7.50. The molecule has 6 nitrogen and oxygen atoms in total. The highest BCUT2D eigenvalue weighted by atomic mass is 127. The molecule has 30 heavy (non-hydrogen) atoms. The molecular formula is C21H31F2IN6. The molecule has 0 aliphatic carbocycles. The van der Waals surface area contributed by atoms with Gasteiger partial charge in [-0.25, -0.2) is 8.78 Å². The van der Waals surface area contributed by atoms with Gasteiger partial charge in [-0.15, -0.1) is 24.0 Å². The van der Waals surface area contributed by atoms with Gasteiger partial charge >= 0.3 is 0 Å². The zero-order valence-corrected chi connectivity index (χ0v) is 19.9. The van der Waals surface area contributed by atoms with E-state index in [1.165, 1.54) is 12.1 Å². The van der Waals surface area contributed by atoms with Gasteiger partial charge in [0, 0.05) is 38.4 Å². The minimum atomic E-state index is -0.797. The number of benzene rings is 1. The van der Waals surface area contributed by atoms with Gasteiger partial charge in [0.15, 0.2) is 17.6 Å². The van der Waals surface area contributed by atoms with Crippen LogP contribution in [0.3, 0.4) is 0 Å². The molecule has 0 amide bonds. The smallest absolute Gasteiger partial charge is 0.191 e. The SMILES string of the molecule is CCNC(=NCCn1cc(C)cn1)NC1CCN(Cc2ccc(F)c(F)c2)CC1.I. The highest BCUT2D eigenvalue weighted by molar-refractivity contribution is 14.0. The summed E-state index contributed by atoms with van der Waals surface area (Å²) >= 11 is 0. The summed E-state index contributed by atoms with van der Waals surface area (Å²) in [6.07, 6.45) is 5.82. The van der Waals surface area contributed by atoms with Crippen molar-refractivity contribution >= 4 is 29.9 Å². The molecule has 0 bridgehead atoms. The van der Waals surface area contributed by atoms with E-state index in [4.69, 9.17) is 0 Å². The van der Waals surface area contributed by atoms with Crippen molar-refractivity contribution < 1.29 is 8.78 Å². The Morgan fingerprint density at radius 3 is 2.63 bits per heavy atom. The molecule has 2 heterocycles. The van der Waals surface area contributed by atoms with E-state index in [1.807, 2.05) is 24.0 Å². The predicted molar refractivity (Wildman–Crippen MR) is 126 cm³/mol. The van der Waals surface area contributed by atoms with Gasteiger partial charge in [0.25, 0.3) is 0 Å². The van der Waals surface area contributed by atoms with Gasteiger partial charge in [0.05, 0.1) is 19.3 Å². The van der Waals surface area contributed by atoms with Crippen molar-refractivity contribution in [1.82, 2.24) is 25.3 Å². The van der Waals surface area contributed by atoms with Gasteiger partial charge < -0.3 is 10.6 Å². The summed E-state index contributed by atoms with van der Waals surface area (Å²) in [5.74, 6) is -0.749. The van der Waals surface area contributed by atoms with Crippen molar-refractivity contribution in [1.29, 1.82) is 0 Å². The van der Waals surface area contributed by atoms with Crippen LogP contribution in [0.5, 0.6) is 0 Å². The number of nitrogens with zero attached hydrogens (tertiary/aromatic N) is 4. The molecule has 0 unspecified atom stereocenters. The molecular weight excluding hydrogens is 501 g/mol. The standard InChI is InChI=1S/C21H30F2N6.HI/c1-3-24-21(25-8-11-29-14-16(2)13-26-29)27-18-6-9-28(10-7-18)15-17-4-5-19(22)20(23)12-17;/h4-5,12-14,18H,3,6-11,15H2,1-2H3,(H2,24,25,27);1H. The minimum Gasteiger partial charge on any atom is -0.357 e. The number of aliphatic imine (C=N–C) groups is 1. The quantitative estimate of drug-likeness (QED) is 0.327. The molecule has 0 atom stereocenters. The van der Waals surface area contributed by atoms with Gasteiger partial charge in [-0.1, -0.05) is 6.07 Å².